The molecule has 0 aromatic heterocycles. The first-order chi connectivity index (χ1) is 18.6. The van der Waals surface area contributed by atoms with E-state index in [0.717, 1.165) is 51.4 Å². The molecule has 216 valence electrons. The molecule has 0 spiro atoms. The molecule has 0 heterocycles. The van der Waals surface area contributed by atoms with E-state index in [0.29, 0.717) is 37.1 Å². The van der Waals surface area contributed by atoms with E-state index in [1.165, 1.54) is 24.8 Å². The molecule has 0 radical (unpaired) electrons. The van der Waals surface area contributed by atoms with E-state index < -0.39 is 29.4 Å². The molecule has 7 heteroatoms. The van der Waals surface area contributed by atoms with Gasteiger partial charge < -0.3 is 15.2 Å². The van der Waals surface area contributed by atoms with Crippen molar-refractivity contribution in [1.82, 2.24) is 5.32 Å². The Bertz CT molecular complexity index is 1030. The smallest absolute Gasteiger partial charge is 0.306 e. The fourth-order valence-corrected chi connectivity index (χ4v) is 9.32. The standard InChI is InChI=1S/C32H47NO6/c1-30-15-12-23(34)18-22(30)8-9-24-25(30)13-16-31(2)26(24)14-17-32(31,38)27(35)20-39-29(37)11-10-28(36)33-19-21-6-4-3-5-7-21/h18,21,24-26,38H,3-17,19-20H2,1-2H3,(H,33,36)/t24-,25-,26+,30-,31-,32-/m0/s1. The second-order valence-electron chi connectivity index (χ2n) is 13.7. The zero-order chi connectivity index (χ0) is 27.8. The summed E-state index contributed by atoms with van der Waals surface area (Å²) in [6.07, 6.45) is 14.2. The van der Waals surface area contributed by atoms with E-state index in [1.807, 2.05) is 6.08 Å². The van der Waals surface area contributed by atoms with Crippen molar-refractivity contribution in [2.45, 2.75) is 116 Å². The van der Waals surface area contributed by atoms with Crippen molar-refractivity contribution in [3.05, 3.63) is 11.6 Å². The van der Waals surface area contributed by atoms with Crippen molar-refractivity contribution in [3.8, 4) is 0 Å². The SMILES string of the molecule is C[C@]12CCC(=O)C=C1CC[C@@H]1[C@H]3CC[C@](O)(C(=O)COC(=O)CCC(=O)NCC4CCCCC4)[C@@]3(C)CC[C@@H]12. The van der Waals surface area contributed by atoms with E-state index in [-0.39, 0.29) is 35.9 Å². The van der Waals surface area contributed by atoms with Crippen LogP contribution in [0.2, 0.25) is 0 Å². The molecule has 0 bridgehead atoms. The molecule has 0 aromatic rings. The van der Waals surface area contributed by atoms with Crippen LogP contribution in [0.3, 0.4) is 0 Å². The molecule has 4 fully saturated rings. The first-order valence-electron chi connectivity index (χ1n) is 15.5. The number of ether oxygens (including phenoxy) is 1. The van der Waals surface area contributed by atoms with Crippen LogP contribution in [-0.2, 0) is 23.9 Å². The summed E-state index contributed by atoms with van der Waals surface area (Å²) in [5.74, 6) is 0.774. The molecule has 0 aliphatic heterocycles. The first kappa shape index (κ1) is 28.5. The Labute approximate surface area is 232 Å². The van der Waals surface area contributed by atoms with Gasteiger partial charge in [0.05, 0.1) is 6.42 Å². The molecule has 1 amide bonds. The maximum absolute atomic E-state index is 13.4. The highest BCUT2D eigenvalue weighted by Gasteiger charge is 2.66. The van der Waals surface area contributed by atoms with Crippen molar-refractivity contribution in [2.75, 3.05) is 13.2 Å². The molecular weight excluding hydrogens is 494 g/mol. The van der Waals surface area contributed by atoms with Gasteiger partial charge in [0.25, 0.3) is 0 Å². The highest BCUT2D eigenvalue weighted by atomic mass is 16.5. The van der Waals surface area contributed by atoms with Gasteiger partial charge in [-0.25, -0.2) is 0 Å². The highest BCUT2D eigenvalue weighted by Crippen LogP contribution is 2.67. The predicted octanol–water partition coefficient (Wildman–Crippen LogP) is 4.84. The third kappa shape index (κ3) is 5.25. The number of aliphatic hydroxyl groups is 1. The second kappa shape index (κ2) is 11.1. The van der Waals surface area contributed by atoms with E-state index >= 15 is 0 Å². The molecule has 6 atom stereocenters. The maximum Gasteiger partial charge on any atom is 0.306 e. The molecule has 0 aromatic carbocycles. The van der Waals surface area contributed by atoms with E-state index in [1.54, 1.807) is 0 Å². The average Bonchev–Trinajstić information content (AvgIpc) is 3.21. The molecule has 5 aliphatic carbocycles. The molecule has 39 heavy (non-hydrogen) atoms. The van der Waals surface area contributed by atoms with Crippen molar-refractivity contribution in [2.24, 2.45) is 34.5 Å². The minimum atomic E-state index is -1.50. The molecule has 4 saturated carbocycles. The Morgan fingerprint density at radius 3 is 2.46 bits per heavy atom. The molecule has 5 aliphatic rings. The lowest BCUT2D eigenvalue weighted by Crippen LogP contribution is -2.58. The van der Waals surface area contributed by atoms with Gasteiger partial charge in [-0.05, 0) is 93.0 Å². The van der Waals surface area contributed by atoms with Crippen LogP contribution in [0.5, 0.6) is 0 Å². The van der Waals surface area contributed by atoms with Gasteiger partial charge in [-0.15, -0.1) is 0 Å². The normalized spacial score (nSPS) is 38.2. The number of Topliss-reactive ketones (excluding diaryl/α,β-unsaturated/α-hetero) is 1. The predicted molar refractivity (Wildman–Crippen MR) is 146 cm³/mol. The Kier molecular flexibility index (Phi) is 8.11. The quantitative estimate of drug-likeness (QED) is 0.426. The number of ketones is 2. The van der Waals surface area contributed by atoms with Crippen molar-refractivity contribution in [3.63, 3.8) is 0 Å². The monoisotopic (exact) mass is 541 g/mol. The summed E-state index contributed by atoms with van der Waals surface area (Å²) < 4.78 is 5.29. The van der Waals surface area contributed by atoms with Crippen LogP contribution in [0, 0.1) is 34.5 Å². The molecular formula is C32H47NO6. The van der Waals surface area contributed by atoms with Crippen molar-refractivity contribution in [1.29, 1.82) is 0 Å². The lowest BCUT2D eigenvalue weighted by atomic mass is 9.46. The molecule has 0 saturated heterocycles. The van der Waals surface area contributed by atoms with Gasteiger partial charge in [0.15, 0.2) is 12.4 Å². The van der Waals surface area contributed by atoms with Gasteiger partial charge in [-0.1, -0.05) is 38.7 Å². The average molecular weight is 542 g/mol. The Morgan fingerprint density at radius 2 is 1.69 bits per heavy atom. The Morgan fingerprint density at radius 1 is 0.949 bits per heavy atom. The van der Waals surface area contributed by atoms with Crippen LogP contribution in [0.25, 0.3) is 0 Å². The summed E-state index contributed by atoms with van der Waals surface area (Å²) in [7, 11) is 0. The summed E-state index contributed by atoms with van der Waals surface area (Å²) in [6, 6.07) is 0. The molecule has 0 unspecified atom stereocenters. The third-order valence-electron chi connectivity index (χ3n) is 11.8. The second-order valence-corrected chi connectivity index (χ2v) is 13.7. The Hall–Kier alpha value is -2.02. The van der Waals surface area contributed by atoms with Crippen LogP contribution < -0.4 is 5.32 Å². The summed E-state index contributed by atoms with van der Waals surface area (Å²) in [5.41, 5.74) is -0.692. The minimum Gasteiger partial charge on any atom is -0.458 e. The number of carbonyl (C=O) groups is 4. The number of fused-ring (bicyclic) bond motifs is 5. The van der Waals surface area contributed by atoms with Gasteiger partial charge in [-0.3, -0.25) is 19.2 Å². The Balaban J connectivity index is 1.13. The lowest BCUT2D eigenvalue weighted by Gasteiger charge is -2.58. The molecule has 5 rings (SSSR count). The zero-order valence-corrected chi connectivity index (χ0v) is 23.9. The fourth-order valence-electron chi connectivity index (χ4n) is 9.32. The number of nitrogens with one attached hydrogen (secondary N) is 1. The summed E-state index contributed by atoms with van der Waals surface area (Å²) in [5, 5.41) is 14.7. The summed E-state index contributed by atoms with van der Waals surface area (Å²) in [6.45, 7) is 4.61. The zero-order valence-electron chi connectivity index (χ0n) is 23.9. The van der Waals surface area contributed by atoms with Crippen LogP contribution in [-0.4, -0.2) is 47.3 Å². The van der Waals surface area contributed by atoms with Crippen LogP contribution in [0.4, 0.5) is 0 Å². The van der Waals surface area contributed by atoms with Crippen LogP contribution in [0.1, 0.15) is 110 Å². The van der Waals surface area contributed by atoms with Gasteiger partial charge in [0.2, 0.25) is 11.7 Å². The number of hydrogen-bond acceptors (Lipinski definition) is 6. The fraction of sp³-hybridized carbons (Fsp3) is 0.812. The number of amides is 1. The van der Waals surface area contributed by atoms with E-state index in [9.17, 15) is 24.3 Å². The summed E-state index contributed by atoms with van der Waals surface area (Å²) in [4.78, 5) is 50.0. The van der Waals surface area contributed by atoms with Crippen LogP contribution >= 0.6 is 0 Å². The largest absolute Gasteiger partial charge is 0.458 e. The van der Waals surface area contributed by atoms with Gasteiger partial charge in [0, 0.05) is 24.8 Å². The third-order valence-corrected chi connectivity index (χ3v) is 11.8. The maximum atomic E-state index is 13.4. The highest BCUT2D eigenvalue weighted by molar-refractivity contribution is 5.92. The van der Waals surface area contributed by atoms with Gasteiger partial charge in [0.1, 0.15) is 5.60 Å². The van der Waals surface area contributed by atoms with E-state index in [2.05, 4.69) is 19.2 Å². The van der Waals surface area contributed by atoms with Gasteiger partial charge >= 0.3 is 5.97 Å². The topological polar surface area (TPSA) is 110 Å². The number of carbonyl (C=O) groups excluding carboxylic acids is 4. The summed E-state index contributed by atoms with van der Waals surface area (Å²) >= 11 is 0. The number of esters is 1. The minimum absolute atomic E-state index is 0.0428. The number of rotatable bonds is 8. The first-order valence-corrected chi connectivity index (χ1v) is 15.5. The number of allylic oxidation sites excluding steroid dienone is 1. The number of hydrogen-bond donors (Lipinski definition) is 2. The van der Waals surface area contributed by atoms with Crippen molar-refractivity contribution >= 4 is 23.4 Å². The van der Waals surface area contributed by atoms with Gasteiger partial charge in [-0.2, -0.15) is 0 Å². The van der Waals surface area contributed by atoms with Crippen LogP contribution in [0.15, 0.2) is 11.6 Å². The van der Waals surface area contributed by atoms with Crippen molar-refractivity contribution < 1.29 is 29.0 Å². The molecule has 2 N–H and O–H groups in total. The molecule has 7 nitrogen and oxygen atoms in total. The lowest BCUT2D eigenvalue weighted by molar-refractivity contribution is -0.170. The van der Waals surface area contributed by atoms with E-state index in [4.69, 9.17) is 4.74 Å².